The van der Waals surface area contributed by atoms with Crippen LogP contribution in [0.3, 0.4) is 0 Å². The molecule has 1 aliphatic heterocycles. The summed E-state index contributed by atoms with van der Waals surface area (Å²) < 4.78 is 1.91. The number of hydrogen-bond donors (Lipinski definition) is 3. The number of para-hydroxylation sites is 1. The van der Waals surface area contributed by atoms with E-state index in [1.165, 1.54) is 0 Å². The van der Waals surface area contributed by atoms with Crippen molar-refractivity contribution in [1.82, 2.24) is 20.2 Å². The topological polar surface area (TPSA) is 105 Å². The third-order valence-corrected chi connectivity index (χ3v) is 4.93. The van der Waals surface area contributed by atoms with E-state index < -0.39 is 11.9 Å². The van der Waals surface area contributed by atoms with E-state index in [4.69, 9.17) is 11.6 Å². The molecule has 0 bridgehead atoms. The van der Waals surface area contributed by atoms with Crippen molar-refractivity contribution in [3.05, 3.63) is 59.4 Å². The molecule has 0 spiro atoms. The minimum atomic E-state index is -0.939. The molecule has 1 unspecified atom stereocenters. The Hall–Kier alpha value is -3.39. The number of benzene rings is 2. The quantitative estimate of drug-likeness (QED) is 0.596. The van der Waals surface area contributed by atoms with Crippen LogP contribution in [0, 0.1) is 0 Å². The summed E-state index contributed by atoms with van der Waals surface area (Å²) in [6, 6.07) is 11.2. The first-order valence-electron chi connectivity index (χ1n) is 9.09. The molecule has 1 atom stereocenters. The van der Waals surface area contributed by atoms with Crippen LogP contribution in [-0.2, 0) is 16.1 Å². The fourth-order valence-electron chi connectivity index (χ4n) is 3.24. The molecule has 1 aromatic heterocycles. The zero-order chi connectivity index (χ0) is 20.4. The van der Waals surface area contributed by atoms with Crippen molar-refractivity contribution >= 4 is 46.0 Å². The summed E-state index contributed by atoms with van der Waals surface area (Å²) in [5.41, 5.74) is 2.50. The van der Waals surface area contributed by atoms with Gasteiger partial charge in [-0.05, 0) is 30.3 Å². The molecule has 0 radical (unpaired) electrons. The van der Waals surface area contributed by atoms with Gasteiger partial charge in [0.05, 0.1) is 35.0 Å². The highest BCUT2D eigenvalue weighted by atomic mass is 35.5. The Labute approximate surface area is 171 Å². The smallest absolute Gasteiger partial charge is 0.254 e. The van der Waals surface area contributed by atoms with Gasteiger partial charge in [-0.1, -0.05) is 23.7 Å². The molecule has 9 heteroatoms. The molecule has 0 saturated heterocycles. The first-order chi connectivity index (χ1) is 14.0. The molecule has 0 saturated carbocycles. The van der Waals surface area contributed by atoms with E-state index in [1.807, 2.05) is 10.6 Å². The van der Waals surface area contributed by atoms with E-state index in [1.54, 1.807) is 42.7 Å². The Morgan fingerprint density at radius 2 is 2.03 bits per heavy atom. The minimum Gasteiger partial charge on any atom is -0.354 e. The molecule has 3 aromatic rings. The van der Waals surface area contributed by atoms with Gasteiger partial charge in [0.2, 0.25) is 11.8 Å². The zero-order valence-electron chi connectivity index (χ0n) is 15.3. The van der Waals surface area contributed by atoms with Crippen molar-refractivity contribution in [1.29, 1.82) is 0 Å². The molecule has 0 fully saturated rings. The van der Waals surface area contributed by atoms with Crippen molar-refractivity contribution in [2.24, 2.45) is 0 Å². The Morgan fingerprint density at radius 3 is 2.90 bits per heavy atom. The Balaban J connectivity index is 1.34. The van der Waals surface area contributed by atoms with Crippen LogP contribution in [0.2, 0.25) is 5.02 Å². The average molecular weight is 412 g/mol. The van der Waals surface area contributed by atoms with Gasteiger partial charge in [-0.15, -0.1) is 0 Å². The highest BCUT2D eigenvalue weighted by Gasteiger charge is 2.29. The van der Waals surface area contributed by atoms with E-state index in [0.717, 1.165) is 11.0 Å². The second kappa shape index (κ2) is 7.92. The highest BCUT2D eigenvalue weighted by molar-refractivity contribution is 6.31. The number of nitrogens with one attached hydrogen (secondary N) is 3. The van der Waals surface area contributed by atoms with Gasteiger partial charge in [0.15, 0.2) is 0 Å². The minimum absolute atomic E-state index is 0.147. The summed E-state index contributed by atoms with van der Waals surface area (Å²) in [5, 5.41) is 8.68. The lowest BCUT2D eigenvalue weighted by atomic mass is 10.1. The van der Waals surface area contributed by atoms with Crippen LogP contribution < -0.4 is 16.0 Å². The zero-order valence-corrected chi connectivity index (χ0v) is 16.1. The molecule has 29 heavy (non-hydrogen) atoms. The van der Waals surface area contributed by atoms with Gasteiger partial charge in [0.1, 0.15) is 6.04 Å². The lowest BCUT2D eigenvalue weighted by molar-refractivity contribution is -0.125. The predicted molar refractivity (Wildman–Crippen MR) is 109 cm³/mol. The van der Waals surface area contributed by atoms with Crippen LogP contribution in [0.5, 0.6) is 0 Å². The monoisotopic (exact) mass is 411 g/mol. The summed E-state index contributed by atoms with van der Waals surface area (Å²) in [4.78, 5) is 41.3. The maximum Gasteiger partial charge on any atom is 0.254 e. The van der Waals surface area contributed by atoms with Crippen LogP contribution in [0.4, 0.5) is 5.69 Å². The van der Waals surface area contributed by atoms with Crippen LogP contribution in [-0.4, -0.2) is 39.9 Å². The number of nitrogens with zero attached hydrogens (tertiary/aromatic N) is 2. The van der Waals surface area contributed by atoms with E-state index in [-0.39, 0.29) is 18.2 Å². The number of fused-ring (bicyclic) bond motifs is 2. The van der Waals surface area contributed by atoms with Crippen molar-refractivity contribution in [3.63, 3.8) is 0 Å². The summed E-state index contributed by atoms with van der Waals surface area (Å²) in [7, 11) is 0. The second-order valence-corrected chi connectivity index (χ2v) is 7.12. The molecule has 1 aliphatic rings. The normalized spacial score (nSPS) is 16.0. The number of carbonyl (C=O) groups is 3. The third kappa shape index (κ3) is 4.07. The number of rotatable bonds is 5. The summed E-state index contributed by atoms with van der Waals surface area (Å²) in [5.74, 6) is -1.14. The number of carbonyl (C=O) groups excluding carboxylic acids is 3. The maximum atomic E-state index is 12.4. The van der Waals surface area contributed by atoms with E-state index in [9.17, 15) is 14.4 Å². The van der Waals surface area contributed by atoms with Crippen molar-refractivity contribution in [2.75, 3.05) is 11.9 Å². The number of amides is 3. The molecule has 4 rings (SSSR count). The molecule has 8 nitrogen and oxygen atoms in total. The first kappa shape index (κ1) is 18.9. The molecule has 3 amide bonds. The SMILES string of the molecule is O=C(CC1NC(=O)c2ccccc2NC1=O)NCCn1cnc2cc(Cl)ccc21. The van der Waals surface area contributed by atoms with Crippen molar-refractivity contribution in [2.45, 2.75) is 19.0 Å². The van der Waals surface area contributed by atoms with Crippen LogP contribution in [0.15, 0.2) is 48.8 Å². The lowest BCUT2D eigenvalue weighted by Crippen LogP contribution is -2.44. The van der Waals surface area contributed by atoms with Gasteiger partial charge in [0, 0.05) is 18.1 Å². The molecule has 148 valence electrons. The molecular formula is C20H18ClN5O3. The molecule has 2 heterocycles. The number of hydrogen-bond acceptors (Lipinski definition) is 4. The van der Waals surface area contributed by atoms with Crippen molar-refractivity contribution in [3.8, 4) is 0 Å². The summed E-state index contributed by atoms with van der Waals surface area (Å²) >= 11 is 5.96. The van der Waals surface area contributed by atoms with Gasteiger partial charge >= 0.3 is 0 Å². The maximum absolute atomic E-state index is 12.4. The number of anilines is 1. The number of halogens is 1. The van der Waals surface area contributed by atoms with Crippen LogP contribution >= 0.6 is 11.6 Å². The standard InChI is InChI=1S/C20H18ClN5O3/c21-12-5-6-17-15(9-12)23-11-26(17)8-7-22-18(27)10-16-20(29)24-14-4-2-1-3-13(14)19(28)25-16/h1-6,9,11,16H,7-8,10H2,(H,22,27)(H,24,29)(H,25,28). The fraction of sp³-hybridized carbons (Fsp3) is 0.200. The fourth-order valence-corrected chi connectivity index (χ4v) is 3.41. The number of aromatic nitrogens is 2. The summed E-state index contributed by atoms with van der Waals surface area (Å²) in [6.07, 6.45) is 1.54. The third-order valence-electron chi connectivity index (χ3n) is 4.70. The average Bonchev–Trinajstić information content (AvgIpc) is 3.04. The Morgan fingerprint density at radius 1 is 1.21 bits per heavy atom. The largest absolute Gasteiger partial charge is 0.354 e. The molecule has 3 N–H and O–H groups in total. The molecule has 0 aliphatic carbocycles. The predicted octanol–water partition coefficient (Wildman–Crippen LogP) is 1.95. The Bertz CT molecular complexity index is 1110. The Kier molecular flexibility index (Phi) is 5.18. The van der Waals surface area contributed by atoms with Gasteiger partial charge in [-0.2, -0.15) is 0 Å². The first-order valence-corrected chi connectivity index (χ1v) is 9.47. The summed E-state index contributed by atoms with van der Waals surface area (Å²) in [6.45, 7) is 0.869. The van der Waals surface area contributed by atoms with Crippen LogP contribution in [0.25, 0.3) is 11.0 Å². The molecule has 2 aromatic carbocycles. The van der Waals surface area contributed by atoms with Gasteiger partial charge < -0.3 is 20.5 Å². The lowest BCUT2D eigenvalue weighted by Gasteiger charge is -2.14. The highest BCUT2D eigenvalue weighted by Crippen LogP contribution is 2.19. The van der Waals surface area contributed by atoms with Gasteiger partial charge in [0.25, 0.3) is 5.91 Å². The van der Waals surface area contributed by atoms with Crippen molar-refractivity contribution < 1.29 is 14.4 Å². The van der Waals surface area contributed by atoms with E-state index in [2.05, 4.69) is 20.9 Å². The van der Waals surface area contributed by atoms with Crippen LogP contribution in [0.1, 0.15) is 16.8 Å². The van der Waals surface area contributed by atoms with Gasteiger partial charge in [-0.25, -0.2) is 4.98 Å². The molecular weight excluding hydrogens is 394 g/mol. The van der Waals surface area contributed by atoms with E-state index >= 15 is 0 Å². The number of imidazole rings is 1. The van der Waals surface area contributed by atoms with E-state index in [0.29, 0.717) is 29.4 Å². The van der Waals surface area contributed by atoms with Gasteiger partial charge in [-0.3, -0.25) is 14.4 Å². The second-order valence-electron chi connectivity index (χ2n) is 6.69.